The number of hydrogen-bond donors (Lipinski definition) is 1. The highest BCUT2D eigenvalue weighted by atomic mass is 16.5. The van der Waals surface area contributed by atoms with Crippen LogP contribution in [0, 0.1) is 0 Å². The number of nitrogens with one attached hydrogen (secondary N) is 1. The minimum Gasteiger partial charge on any atom is -0.477 e. The van der Waals surface area contributed by atoms with E-state index >= 15 is 0 Å². The van der Waals surface area contributed by atoms with Crippen LogP contribution in [0.5, 0.6) is 5.75 Å². The Bertz CT molecular complexity index is 1420. The molecule has 0 radical (unpaired) electrons. The monoisotopic (exact) mass is 484 g/mol. The lowest BCUT2D eigenvalue weighted by Gasteiger charge is -2.35. The summed E-state index contributed by atoms with van der Waals surface area (Å²) in [4.78, 5) is 27.9. The predicted octanol–water partition coefficient (Wildman–Crippen LogP) is 3.72. The highest BCUT2D eigenvalue weighted by Gasteiger charge is 2.38. The molecule has 0 fully saturated rings. The molecule has 9 heteroatoms. The Kier molecular flexibility index (Phi) is 5.44. The molecule has 2 aromatic heterocycles. The average molecular weight is 485 g/mol. The molecule has 6 rings (SSSR count). The average Bonchev–Trinajstić information content (AvgIpc) is 3.67. The first-order valence-electron chi connectivity index (χ1n) is 11.7. The lowest BCUT2D eigenvalue weighted by atomic mass is 10.1. The first kappa shape index (κ1) is 22.0. The molecule has 0 bridgehead atoms. The SMILES string of the molecule is CNC(=O)[C@H]1CN(CC(=O)N2N=C(c3cc4ccccc4o3)C[C@H]2c2ccco2)c2ccccc2O1. The Balaban J connectivity index is 1.31. The number of likely N-dealkylation sites (N-methyl/N-ethyl adjacent to an activating group) is 1. The number of carbonyl (C=O) groups is 2. The van der Waals surface area contributed by atoms with Crippen LogP contribution in [0.1, 0.15) is 24.0 Å². The van der Waals surface area contributed by atoms with Crippen molar-refractivity contribution in [2.45, 2.75) is 18.6 Å². The van der Waals surface area contributed by atoms with Crippen LogP contribution in [0.15, 0.2) is 86.9 Å². The molecular weight excluding hydrogens is 460 g/mol. The molecule has 0 unspecified atom stereocenters. The van der Waals surface area contributed by atoms with Crippen molar-refractivity contribution in [1.82, 2.24) is 10.3 Å². The van der Waals surface area contributed by atoms with E-state index in [1.807, 2.05) is 59.5 Å². The molecule has 2 amide bonds. The fourth-order valence-corrected chi connectivity index (χ4v) is 4.71. The molecule has 36 heavy (non-hydrogen) atoms. The van der Waals surface area contributed by atoms with E-state index in [1.165, 1.54) is 5.01 Å². The summed E-state index contributed by atoms with van der Waals surface area (Å²) < 4.78 is 17.6. The van der Waals surface area contributed by atoms with Gasteiger partial charge in [0.15, 0.2) is 11.9 Å². The van der Waals surface area contributed by atoms with Gasteiger partial charge in [-0.15, -0.1) is 0 Å². The van der Waals surface area contributed by atoms with Gasteiger partial charge in [0, 0.05) is 18.9 Å². The summed E-state index contributed by atoms with van der Waals surface area (Å²) in [6.45, 7) is 0.254. The highest BCUT2D eigenvalue weighted by molar-refractivity contribution is 6.04. The normalized spacial score (nSPS) is 19.1. The summed E-state index contributed by atoms with van der Waals surface area (Å²) in [5.74, 6) is 1.35. The molecule has 182 valence electrons. The van der Waals surface area contributed by atoms with Gasteiger partial charge in [0.05, 0.1) is 25.0 Å². The highest BCUT2D eigenvalue weighted by Crippen LogP contribution is 2.36. The Morgan fingerprint density at radius 3 is 2.72 bits per heavy atom. The predicted molar refractivity (Wildman–Crippen MR) is 133 cm³/mol. The van der Waals surface area contributed by atoms with Crippen molar-refractivity contribution in [2.24, 2.45) is 5.10 Å². The number of carbonyl (C=O) groups excluding carboxylic acids is 2. The molecule has 2 aromatic carbocycles. The Labute approximate surface area is 206 Å². The molecule has 2 atom stereocenters. The van der Waals surface area contributed by atoms with Gasteiger partial charge in [-0.2, -0.15) is 5.10 Å². The van der Waals surface area contributed by atoms with Crippen LogP contribution in [0.4, 0.5) is 5.69 Å². The first-order valence-corrected chi connectivity index (χ1v) is 11.7. The smallest absolute Gasteiger partial charge is 0.262 e. The number of para-hydroxylation sites is 3. The molecule has 4 heterocycles. The number of rotatable bonds is 5. The molecule has 2 aliphatic rings. The van der Waals surface area contributed by atoms with Gasteiger partial charge in [0.1, 0.15) is 28.8 Å². The van der Waals surface area contributed by atoms with E-state index in [2.05, 4.69) is 5.32 Å². The lowest BCUT2D eigenvalue weighted by molar-refractivity contribution is -0.132. The van der Waals surface area contributed by atoms with Gasteiger partial charge in [-0.1, -0.05) is 30.3 Å². The van der Waals surface area contributed by atoms with Crippen molar-refractivity contribution in [3.05, 3.63) is 84.5 Å². The zero-order valence-electron chi connectivity index (χ0n) is 19.6. The third kappa shape index (κ3) is 3.88. The van der Waals surface area contributed by atoms with Crippen molar-refractivity contribution in [2.75, 3.05) is 25.0 Å². The summed E-state index contributed by atoms with van der Waals surface area (Å²) in [5.41, 5.74) is 2.19. The van der Waals surface area contributed by atoms with Gasteiger partial charge < -0.3 is 23.8 Å². The minimum atomic E-state index is -0.730. The number of ether oxygens (including phenoxy) is 1. The number of hydrazone groups is 1. The minimum absolute atomic E-state index is 0.0159. The lowest BCUT2D eigenvalue weighted by Crippen LogP contribution is -2.50. The van der Waals surface area contributed by atoms with Crippen molar-refractivity contribution >= 4 is 34.2 Å². The molecule has 0 aliphatic carbocycles. The second kappa shape index (κ2) is 8.92. The number of benzene rings is 2. The van der Waals surface area contributed by atoms with E-state index < -0.39 is 12.1 Å². The van der Waals surface area contributed by atoms with Crippen LogP contribution in [-0.4, -0.2) is 48.8 Å². The quantitative estimate of drug-likeness (QED) is 0.464. The van der Waals surface area contributed by atoms with Crippen LogP contribution in [-0.2, 0) is 9.59 Å². The van der Waals surface area contributed by atoms with E-state index in [4.69, 9.17) is 18.7 Å². The van der Waals surface area contributed by atoms with Gasteiger partial charge in [-0.05, 0) is 36.4 Å². The van der Waals surface area contributed by atoms with Crippen molar-refractivity contribution in [1.29, 1.82) is 0 Å². The topological polar surface area (TPSA) is 101 Å². The van der Waals surface area contributed by atoms with Gasteiger partial charge in [0.2, 0.25) is 0 Å². The first-order chi connectivity index (χ1) is 17.6. The second-order valence-electron chi connectivity index (χ2n) is 8.74. The van der Waals surface area contributed by atoms with Gasteiger partial charge in [-0.25, -0.2) is 5.01 Å². The van der Waals surface area contributed by atoms with Crippen molar-refractivity contribution in [3.63, 3.8) is 0 Å². The van der Waals surface area contributed by atoms with E-state index in [0.29, 0.717) is 29.4 Å². The molecule has 1 N–H and O–H groups in total. The van der Waals surface area contributed by atoms with Crippen LogP contribution in [0.25, 0.3) is 11.0 Å². The third-order valence-electron chi connectivity index (χ3n) is 6.47. The van der Waals surface area contributed by atoms with Gasteiger partial charge >= 0.3 is 0 Å². The third-order valence-corrected chi connectivity index (χ3v) is 6.47. The maximum Gasteiger partial charge on any atom is 0.262 e. The van der Waals surface area contributed by atoms with Crippen LogP contribution >= 0.6 is 0 Å². The molecule has 9 nitrogen and oxygen atoms in total. The number of hydrogen-bond acceptors (Lipinski definition) is 7. The Morgan fingerprint density at radius 1 is 1.08 bits per heavy atom. The largest absolute Gasteiger partial charge is 0.477 e. The molecule has 2 aliphatic heterocycles. The zero-order chi connectivity index (χ0) is 24.6. The fourth-order valence-electron chi connectivity index (χ4n) is 4.71. The van der Waals surface area contributed by atoms with Crippen molar-refractivity contribution < 1.29 is 23.2 Å². The summed E-state index contributed by atoms with van der Waals surface area (Å²) in [5, 5.41) is 9.76. The number of fused-ring (bicyclic) bond motifs is 2. The van der Waals surface area contributed by atoms with Gasteiger partial charge in [-0.3, -0.25) is 9.59 Å². The zero-order valence-corrected chi connectivity index (χ0v) is 19.6. The summed E-state index contributed by atoms with van der Waals surface area (Å²) in [7, 11) is 1.56. The van der Waals surface area contributed by atoms with E-state index in [-0.39, 0.29) is 24.9 Å². The molecule has 0 saturated carbocycles. The summed E-state index contributed by atoms with van der Waals surface area (Å²) in [6.07, 6.45) is 1.31. The standard InChI is InChI=1S/C27H24N4O5/c1-28-27(33)25-15-30(19-8-3-5-10-23(19)36-25)16-26(32)31-20(22-11-6-12-34-22)14-18(29-31)24-13-17-7-2-4-9-21(17)35-24/h2-13,20,25H,14-16H2,1H3,(H,28,33)/t20-,25+/m0/s1. The number of nitrogens with zero attached hydrogens (tertiary/aromatic N) is 3. The van der Waals surface area contributed by atoms with Crippen LogP contribution in [0.2, 0.25) is 0 Å². The van der Waals surface area contributed by atoms with Crippen molar-refractivity contribution in [3.8, 4) is 5.75 Å². The Morgan fingerprint density at radius 2 is 1.92 bits per heavy atom. The number of anilines is 1. The molecule has 0 spiro atoms. The molecule has 0 saturated heterocycles. The van der Waals surface area contributed by atoms with E-state index in [9.17, 15) is 9.59 Å². The van der Waals surface area contributed by atoms with E-state index in [0.717, 1.165) is 16.7 Å². The fraction of sp³-hybridized carbons (Fsp3) is 0.222. The van der Waals surface area contributed by atoms with Gasteiger partial charge in [0.25, 0.3) is 11.8 Å². The second-order valence-corrected chi connectivity index (χ2v) is 8.74. The number of amides is 2. The summed E-state index contributed by atoms with van der Waals surface area (Å²) >= 11 is 0. The van der Waals surface area contributed by atoms with E-state index in [1.54, 1.807) is 25.4 Å². The maximum atomic E-state index is 13.7. The van der Waals surface area contributed by atoms with Crippen LogP contribution in [0.3, 0.4) is 0 Å². The van der Waals surface area contributed by atoms with Crippen LogP contribution < -0.4 is 15.0 Å². The Hall–Kier alpha value is -4.53. The molecular formula is C27H24N4O5. The summed E-state index contributed by atoms with van der Waals surface area (Å²) in [6, 6.07) is 20.3. The number of furan rings is 2. The maximum absolute atomic E-state index is 13.7. The molecule has 4 aromatic rings.